The zero-order chi connectivity index (χ0) is 12.8. The Labute approximate surface area is 98.4 Å². The Morgan fingerprint density at radius 3 is 2.25 bits per heavy atom. The van der Waals surface area contributed by atoms with Crippen LogP contribution in [0.4, 0.5) is 0 Å². The van der Waals surface area contributed by atoms with E-state index >= 15 is 0 Å². The van der Waals surface area contributed by atoms with Crippen LogP contribution in [0.15, 0.2) is 0 Å². The van der Waals surface area contributed by atoms with Crippen LogP contribution in [-0.4, -0.2) is 29.4 Å². The summed E-state index contributed by atoms with van der Waals surface area (Å²) in [5.41, 5.74) is 5.29. The highest BCUT2D eigenvalue weighted by atomic mass is 16.2. The van der Waals surface area contributed by atoms with Gasteiger partial charge >= 0.3 is 0 Å². The highest BCUT2D eigenvalue weighted by Crippen LogP contribution is 2.16. The summed E-state index contributed by atoms with van der Waals surface area (Å²) in [5.74, 6) is -0.191. The molecule has 0 spiro atoms. The van der Waals surface area contributed by atoms with Crippen molar-refractivity contribution >= 4 is 5.91 Å². The molecule has 1 unspecified atom stereocenters. The number of rotatable bonds is 6. The molecule has 0 aliphatic heterocycles. The Hall–Kier alpha value is -1.08. The van der Waals surface area contributed by atoms with Gasteiger partial charge in [0.2, 0.25) is 5.91 Å². The smallest absolute Gasteiger partial charge is 0.242 e. The van der Waals surface area contributed by atoms with Gasteiger partial charge in [0.25, 0.3) is 0 Å². The molecule has 4 heteroatoms. The van der Waals surface area contributed by atoms with Crippen molar-refractivity contribution < 1.29 is 4.79 Å². The first kappa shape index (κ1) is 14.9. The first-order valence-electron chi connectivity index (χ1n) is 5.93. The van der Waals surface area contributed by atoms with E-state index in [9.17, 15) is 4.79 Å². The molecule has 1 atom stereocenters. The van der Waals surface area contributed by atoms with Gasteiger partial charge in [0.1, 0.15) is 0 Å². The second-order valence-electron chi connectivity index (χ2n) is 4.24. The van der Waals surface area contributed by atoms with E-state index in [-0.39, 0.29) is 11.8 Å². The van der Waals surface area contributed by atoms with Crippen LogP contribution in [0.2, 0.25) is 0 Å². The molecule has 1 amide bonds. The van der Waals surface area contributed by atoms with E-state index in [0.29, 0.717) is 25.9 Å². The molecule has 0 aromatic rings. The van der Waals surface area contributed by atoms with Crippen LogP contribution in [0.1, 0.15) is 40.5 Å². The quantitative estimate of drug-likeness (QED) is 0.745. The van der Waals surface area contributed by atoms with E-state index in [2.05, 4.69) is 6.07 Å². The first-order chi connectivity index (χ1) is 7.45. The average molecular weight is 225 g/mol. The Balaban J connectivity index is 4.72. The van der Waals surface area contributed by atoms with Gasteiger partial charge in [-0.1, -0.05) is 13.8 Å². The molecule has 4 nitrogen and oxygen atoms in total. The van der Waals surface area contributed by atoms with E-state index in [1.165, 1.54) is 0 Å². The summed E-state index contributed by atoms with van der Waals surface area (Å²) in [5, 5.41) is 8.76. The summed E-state index contributed by atoms with van der Waals surface area (Å²) in [4.78, 5) is 13.9. The topological polar surface area (TPSA) is 70.1 Å². The molecule has 0 aromatic heterocycles. The van der Waals surface area contributed by atoms with E-state index in [1.54, 1.807) is 4.90 Å². The van der Waals surface area contributed by atoms with Crippen molar-refractivity contribution in [2.24, 2.45) is 11.7 Å². The zero-order valence-corrected chi connectivity index (χ0v) is 10.8. The SMILES string of the molecule is CCN(CC(C)C#N)C(=O)C(N)(CC)CC. The molecular weight excluding hydrogens is 202 g/mol. The molecule has 0 radical (unpaired) electrons. The predicted molar refractivity (Wildman–Crippen MR) is 64.5 cm³/mol. The fraction of sp³-hybridized carbons (Fsp3) is 0.833. The molecule has 0 aliphatic carbocycles. The third-order valence-electron chi connectivity index (χ3n) is 3.07. The van der Waals surface area contributed by atoms with Crippen molar-refractivity contribution in [2.45, 2.75) is 46.1 Å². The molecule has 0 rings (SSSR count). The van der Waals surface area contributed by atoms with Crippen LogP contribution in [0.25, 0.3) is 0 Å². The third-order valence-corrected chi connectivity index (χ3v) is 3.07. The van der Waals surface area contributed by atoms with Crippen LogP contribution in [0, 0.1) is 17.2 Å². The van der Waals surface area contributed by atoms with Crippen molar-refractivity contribution in [1.82, 2.24) is 4.90 Å². The number of nitrogens with zero attached hydrogens (tertiary/aromatic N) is 2. The lowest BCUT2D eigenvalue weighted by molar-refractivity contribution is -0.137. The minimum atomic E-state index is -0.773. The van der Waals surface area contributed by atoms with E-state index in [1.807, 2.05) is 27.7 Å². The maximum atomic E-state index is 12.2. The zero-order valence-electron chi connectivity index (χ0n) is 10.8. The van der Waals surface area contributed by atoms with E-state index in [4.69, 9.17) is 11.0 Å². The van der Waals surface area contributed by atoms with Crippen molar-refractivity contribution in [3.8, 4) is 6.07 Å². The molecule has 0 heterocycles. The number of hydrogen-bond donors (Lipinski definition) is 1. The van der Waals surface area contributed by atoms with Gasteiger partial charge in [-0.15, -0.1) is 0 Å². The van der Waals surface area contributed by atoms with E-state index < -0.39 is 5.54 Å². The van der Waals surface area contributed by atoms with Crippen LogP contribution >= 0.6 is 0 Å². The second-order valence-corrected chi connectivity index (χ2v) is 4.24. The molecule has 2 N–H and O–H groups in total. The minimum Gasteiger partial charge on any atom is -0.340 e. The normalized spacial score (nSPS) is 13.0. The van der Waals surface area contributed by atoms with Crippen LogP contribution in [0.5, 0.6) is 0 Å². The van der Waals surface area contributed by atoms with Crippen molar-refractivity contribution in [3.63, 3.8) is 0 Å². The Morgan fingerprint density at radius 1 is 1.44 bits per heavy atom. The third kappa shape index (κ3) is 3.49. The molecule has 0 aliphatic rings. The molecule has 0 saturated carbocycles. The van der Waals surface area contributed by atoms with Crippen LogP contribution < -0.4 is 5.73 Å². The summed E-state index contributed by atoms with van der Waals surface area (Å²) in [6.07, 6.45) is 1.25. The number of hydrogen-bond acceptors (Lipinski definition) is 3. The molecule has 0 saturated heterocycles. The highest BCUT2D eigenvalue weighted by molar-refractivity contribution is 5.86. The van der Waals surface area contributed by atoms with Gasteiger partial charge in [-0.05, 0) is 26.7 Å². The molecule has 0 aromatic carbocycles. The largest absolute Gasteiger partial charge is 0.340 e. The summed E-state index contributed by atoms with van der Waals surface area (Å²) < 4.78 is 0. The molecule has 0 fully saturated rings. The second kappa shape index (κ2) is 6.49. The van der Waals surface area contributed by atoms with Crippen LogP contribution in [-0.2, 0) is 4.79 Å². The Morgan fingerprint density at radius 2 is 1.94 bits per heavy atom. The lowest BCUT2D eigenvalue weighted by atomic mass is 9.92. The number of carbonyl (C=O) groups is 1. The van der Waals surface area contributed by atoms with Gasteiger partial charge in [0, 0.05) is 13.1 Å². The predicted octanol–water partition coefficient (Wildman–Crippen LogP) is 1.51. The lowest BCUT2D eigenvalue weighted by Gasteiger charge is -2.33. The fourth-order valence-electron chi connectivity index (χ4n) is 1.59. The van der Waals surface area contributed by atoms with Gasteiger partial charge in [-0.3, -0.25) is 4.79 Å². The summed E-state index contributed by atoms with van der Waals surface area (Å²) in [6, 6.07) is 2.14. The molecule has 0 bridgehead atoms. The minimum absolute atomic E-state index is 0.0397. The molecule has 16 heavy (non-hydrogen) atoms. The lowest BCUT2D eigenvalue weighted by Crippen LogP contribution is -2.55. The van der Waals surface area contributed by atoms with Crippen molar-refractivity contribution in [3.05, 3.63) is 0 Å². The maximum Gasteiger partial charge on any atom is 0.242 e. The van der Waals surface area contributed by atoms with Gasteiger partial charge in [0.15, 0.2) is 0 Å². The number of carbonyl (C=O) groups excluding carboxylic acids is 1. The summed E-state index contributed by atoms with van der Waals surface area (Å²) in [7, 11) is 0. The maximum absolute atomic E-state index is 12.2. The number of nitrogens with two attached hydrogens (primary N) is 1. The number of nitriles is 1. The average Bonchev–Trinajstić information content (AvgIpc) is 2.33. The number of likely N-dealkylation sites (N-methyl/N-ethyl adjacent to an activating group) is 1. The van der Waals surface area contributed by atoms with E-state index in [0.717, 1.165) is 0 Å². The van der Waals surface area contributed by atoms with Crippen molar-refractivity contribution in [2.75, 3.05) is 13.1 Å². The van der Waals surface area contributed by atoms with Gasteiger partial charge < -0.3 is 10.6 Å². The monoisotopic (exact) mass is 225 g/mol. The molecule has 92 valence electrons. The first-order valence-corrected chi connectivity index (χ1v) is 5.93. The fourth-order valence-corrected chi connectivity index (χ4v) is 1.59. The van der Waals surface area contributed by atoms with Gasteiger partial charge in [-0.25, -0.2) is 0 Å². The summed E-state index contributed by atoms with van der Waals surface area (Å²) in [6.45, 7) is 8.63. The molecular formula is C12H23N3O. The Kier molecular flexibility index (Phi) is 6.05. The summed E-state index contributed by atoms with van der Waals surface area (Å²) >= 11 is 0. The van der Waals surface area contributed by atoms with Gasteiger partial charge in [0.05, 0.1) is 17.5 Å². The number of amides is 1. The Bertz CT molecular complexity index is 266. The van der Waals surface area contributed by atoms with Gasteiger partial charge in [-0.2, -0.15) is 5.26 Å². The van der Waals surface area contributed by atoms with Crippen LogP contribution in [0.3, 0.4) is 0 Å². The highest BCUT2D eigenvalue weighted by Gasteiger charge is 2.33. The standard InChI is InChI=1S/C12H23N3O/c1-5-12(14,6-2)11(16)15(7-3)9-10(4)8-13/h10H,5-7,9,14H2,1-4H3. The van der Waals surface area contributed by atoms with Crippen molar-refractivity contribution in [1.29, 1.82) is 5.26 Å².